The lowest BCUT2D eigenvalue weighted by molar-refractivity contribution is -0.141. The molecular formula is C27H31F3N6O5. The van der Waals surface area contributed by atoms with Crippen LogP contribution >= 0.6 is 0 Å². The second-order valence-electron chi connectivity index (χ2n) is 9.94. The summed E-state index contributed by atoms with van der Waals surface area (Å²) in [5, 5.41) is 8.59. The number of para-hydroxylation sites is 1. The van der Waals surface area contributed by atoms with Crippen molar-refractivity contribution < 1.29 is 37.0 Å². The Balaban J connectivity index is 1.87. The van der Waals surface area contributed by atoms with E-state index in [-0.39, 0.29) is 18.2 Å². The van der Waals surface area contributed by atoms with Crippen molar-refractivity contribution in [3.05, 3.63) is 65.5 Å². The summed E-state index contributed by atoms with van der Waals surface area (Å²) in [5.74, 6) is -1.03. The molecule has 0 aliphatic carbocycles. The molecule has 0 saturated carbocycles. The van der Waals surface area contributed by atoms with Crippen LogP contribution in [0, 0.1) is 0 Å². The maximum absolute atomic E-state index is 13.6. The normalized spacial score (nSPS) is 12.3. The molecule has 0 fully saturated rings. The molecule has 3 aromatic rings. The molecule has 41 heavy (non-hydrogen) atoms. The van der Waals surface area contributed by atoms with Gasteiger partial charge in [-0.2, -0.15) is 18.3 Å². The Hall–Kier alpha value is -4.62. The number of nitrogens with zero attached hydrogens (tertiary/aromatic N) is 4. The Morgan fingerprint density at radius 1 is 1.07 bits per heavy atom. The third-order valence-corrected chi connectivity index (χ3v) is 5.58. The van der Waals surface area contributed by atoms with Gasteiger partial charge < -0.3 is 20.1 Å². The van der Waals surface area contributed by atoms with E-state index in [9.17, 15) is 27.6 Å². The molecule has 14 heteroatoms. The highest BCUT2D eigenvalue weighted by atomic mass is 19.4. The number of benzene rings is 1. The fourth-order valence-corrected chi connectivity index (χ4v) is 3.64. The number of aromatic nitrogens is 3. The van der Waals surface area contributed by atoms with Crippen LogP contribution in [0.3, 0.4) is 0 Å². The largest absolute Gasteiger partial charge is 0.496 e. The number of anilines is 1. The molecule has 0 spiro atoms. The van der Waals surface area contributed by atoms with Crippen molar-refractivity contribution >= 4 is 23.7 Å². The van der Waals surface area contributed by atoms with Crippen LogP contribution in [-0.2, 0) is 22.3 Å². The van der Waals surface area contributed by atoms with Crippen molar-refractivity contribution in [2.75, 3.05) is 19.1 Å². The number of amides is 3. The van der Waals surface area contributed by atoms with Crippen molar-refractivity contribution in [2.24, 2.45) is 0 Å². The first-order valence-corrected chi connectivity index (χ1v) is 12.4. The number of methoxy groups -OCH3 is 1. The summed E-state index contributed by atoms with van der Waals surface area (Å²) in [5.41, 5.74) is -1.89. The zero-order valence-corrected chi connectivity index (χ0v) is 23.4. The summed E-state index contributed by atoms with van der Waals surface area (Å²) in [6, 6.07) is 10.7. The van der Waals surface area contributed by atoms with Gasteiger partial charge in [0.05, 0.1) is 7.11 Å². The number of carbonyl (C=O) groups excluding carboxylic acids is 3. The van der Waals surface area contributed by atoms with Gasteiger partial charge in [0.2, 0.25) is 5.91 Å². The molecule has 0 bridgehead atoms. The first-order valence-electron chi connectivity index (χ1n) is 12.4. The van der Waals surface area contributed by atoms with Gasteiger partial charge >= 0.3 is 12.3 Å². The minimum atomic E-state index is -4.84. The number of hydrogen-bond donors (Lipinski definition) is 2. The average Bonchev–Trinajstić information content (AvgIpc) is 3.36. The van der Waals surface area contributed by atoms with Gasteiger partial charge in [-0.25, -0.2) is 14.5 Å². The SMILES string of the molecule is COc1ccccc1CNC(=O)c1cc(C(F)(F)F)nn1-c1cccc(N(C)C(=O)C(C)NC(=O)OC(C)(C)C)n1. The number of halogens is 3. The molecule has 0 saturated heterocycles. The number of nitrogens with one attached hydrogen (secondary N) is 2. The first kappa shape index (κ1) is 30.9. The lowest BCUT2D eigenvalue weighted by Gasteiger charge is -2.24. The van der Waals surface area contributed by atoms with Crippen LogP contribution in [-0.4, -0.2) is 58.5 Å². The van der Waals surface area contributed by atoms with Gasteiger partial charge in [0, 0.05) is 25.2 Å². The van der Waals surface area contributed by atoms with E-state index < -0.39 is 47.1 Å². The summed E-state index contributed by atoms with van der Waals surface area (Å²) in [4.78, 5) is 43.4. The van der Waals surface area contributed by atoms with Gasteiger partial charge in [-0.3, -0.25) is 14.5 Å². The van der Waals surface area contributed by atoms with Crippen LogP contribution in [0.15, 0.2) is 48.5 Å². The fraction of sp³-hybridized carbons (Fsp3) is 0.370. The van der Waals surface area contributed by atoms with Gasteiger partial charge in [0.15, 0.2) is 11.5 Å². The summed E-state index contributed by atoms with van der Waals surface area (Å²) in [7, 11) is 2.84. The molecule has 3 rings (SSSR count). The van der Waals surface area contributed by atoms with Gasteiger partial charge in [-0.1, -0.05) is 24.3 Å². The summed E-state index contributed by atoms with van der Waals surface area (Å²) >= 11 is 0. The highest BCUT2D eigenvalue weighted by Crippen LogP contribution is 2.30. The molecule has 1 unspecified atom stereocenters. The van der Waals surface area contributed by atoms with Crippen molar-refractivity contribution in [1.82, 2.24) is 25.4 Å². The van der Waals surface area contributed by atoms with E-state index >= 15 is 0 Å². The van der Waals surface area contributed by atoms with Crippen molar-refractivity contribution in [3.8, 4) is 11.6 Å². The lowest BCUT2D eigenvalue weighted by Crippen LogP contribution is -2.47. The monoisotopic (exact) mass is 576 g/mol. The molecule has 3 amide bonds. The second kappa shape index (κ2) is 12.3. The highest BCUT2D eigenvalue weighted by molar-refractivity contribution is 5.97. The number of alkyl halides is 3. The van der Waals surface area contributed by atoms with Crippen LogP contribution in [0.4, 0.5) is 23.8 Å². The van der Waals surface area contributed by atoms with Gasteiger partial charge in [-0.15, -0.1) is 0 Å². The third-order valence-electron chi connectivity index (χ3n) is 5.58. The molecule has 0 aliphatic heterocycles. The van der Waals surface area contributed by atoms with E-state index in [2.05, 4.69) is 20.7 Å². The topological polar surface area (TPSA) is 128 Å². The summed E-state index contributed by atoms with van der Waals surface area (Å²) in [6.07, 6.45) is -5.63. The fourth-order valence-electron chi connectivity index (χ4n) is 3.64. The number of ether oxygens (including phenoxy) is 2. The van der Waals surface area contributed by atoms with E-state index in [1.54, 1.807) is 45.0 Å². The third kappa shape index (κ3) is 7.96. The predicted molar refractivity (Wildman–Crippen MR) is 143 cm³/mol. The molecule has 2 aromatic heterocycles. The first-order chi connectivity index (χ1) is 19.1. The van der Waals surface area contributed by atoms with E-state index in [1.165, 1.54) is 39.3 Å². The standard InChI is InChI=1S/C27H31F3N6O5/c1-16(32-25(39)41-26(2,3)4)24(38)35(5)21-12-9-13-22(33-21)36-18(14-20(34-36)27(28,29)30)23(37)31-15-17-10-7-8-11-19(17)40-6/h7-14,16H,15H2,1-6H3,(H,31,37)(H,32,39). The number of carbonyl (C=O) groups is 3. The molecule has 2 heterocycles. The zero-order chi connectivity index (χ0) is 30.5. The smallest absolute Gasteiger partial charge is 0.435 e. The number of likely N-dealkylation sites (N-methyl/N-ethyl adjacent to an activating group) is 1. The lowest BCUT2D eigenvalue weighted by atomic mass is 10.2. The zero-order valence-electron chi connectivity index (χ0n) is 23.4. The van der Waals surface area contributed by atoms with Crippen LogP contribution in [0.5, 0.6) is 5.75 Å². The highest BCUT2D eigenvalue weighted by Gasteiger charge is 2.36. The van der Waals surface area contributed by atoms with Crippen molar-refractivity contribution in [3.63, 3.8) is 0 Å². The Morgan fingerprint density at radius 3 is 2.39 bits per heavy atom. The van der Waals surface area contributed by atoms with E-state index in [4.69, 9.17) is 9.47 Å². The molecular weight excluding hydrogens is 545 g/mol. The molecule has 220 valence electrons. The number of pyridine rings is 1. The Labute approximate surface area is 234 Å². The molecule has 2 N–H and O–H groups in total. The Morgan fingerprint density at radius 2 is 1.76 bits per heavy atom. The quantitative estimate of drug-likeness (QED) is 0.413. The Bertz CT molecular complexity index is 1420. The number of rotatable bonds is 8. The summed E-state index contributed by atoms with van der Waals surface area (Å²) < 4.78 is 51.9. The summed E-state index contributed by atoms with van der Waals surface area (Å²) in [6.45, 7) is 6.44. The predicted octanol–water partition coefficient (Wildman–Crippen LogP) is 4.10. The van der Waals surface area contributed by atoms with Crippen LogP contribution in [0.25, 0.3) is 5.82 Å². The molecule has 0 aliphatic rings. The molecule has 1 atom stereocenters. The maximum Gasteiger partial charge on any atom is 0.435 e. The molecule has 0 radical (unpaired) electrons. The second-order valence-corrected chi connectivity index (χ2v) is 9.94. The number of hydrogen-bond acceptors (Lipinski definition) is 7. The molecule has 11 nitrogen and oxygen atoms in total. The van der Waals surface area contributed by atoms with E-state index in [0.29, 0.717) is 17.4 Å². The van der Waals surface area contributed by atoms with E-state index in [0.717, 1.165) is 9.58 Å². The molecule has 1 aromatic carbocycles. The minimum absolute atomic E-state index is 0.0252. The van der Waals surface area contributed by atoms with Crippen LogP contribution < -0.4 is 20.3 Å². The van der Waals surface area contributed by atoms with Crippen molar-refractivity contribution in [1.29, 1.82) is 0 Å². The Kier molecular flexibility index (Phi) is 9.25. The maximum atomic E-state index is 13.6. The van der Waals surface area contributed by atoms with Gasteiger partial charge in [0.25, 0.3) is 5.91 Å². The van der Waals surface area contributed by atoms with E-state index in [1.807, 2.05) is 0 Å². The van der Waals surface area contributed by atoms with Gasteiger partial charge in [0.1, 0.15) is 28.9 Å². The number of alkyl carbamates (subject to hydrolysis) is 1. The van der Waals surface area contributed by atoms with Crippen LogP contribution in [0.1, 0.15) is 49.4 Å². The van der Waals surface area contributed by atoms with Crippen molar-refractivity contribution in [2.45, 2.75) is 52.1 Å². The van der Waals surface area contributed by atoms with Crippen LogP contribution in [0.2, 0.25) is 0 Å². The minimum Gasteiger partial charge on any atom is -0.496 e. The average molecular weight is 577 g/mol. The van der Waals surface area contributed by atoms with Gasteiger partial charge in [-0.05, 0) is 45.9 Å².